The summed E-state index contributed by atoms with van der Waals surface area (Å²) in [4.78, 5) is 24.5. The molecule has 22 heavy (non-hydrogen) atoms. The van der Waals surface area contributed by atoms with Crippen molar-refractivity contribution in [2.75, 3.05) is 19.7 Å². The van der Waals surface area contributed by atoms with E-state index >= 15 is 0 Å². The highest BCUT2D eigenvalue weighted by Crippen LogP contribution is 2.40. The maximum Gasteiger partial charge on any atom is 0.418 e. The highest BCUT2D eigenvalue weighted by Gasteiger charge is 2.58. The Bertz CT molecular complexity index is 477. The number of morpholine rings is 1. The average Bonchev–Trinajstić information content (AvgIpc) is 2.70. The van der Waals surface area contributed by atoms with Gasteiger partial charge >= 0.3 is 12.1 Å². The van der Waals surface area contributed by atoms with Gasteiger partial charge < -0.3 is 14.4 Å². The Morgan fingerprint density at radius 1 is 1.32 bits per heavy atom. The fourth-order valence-corrected chi connectivity index (χ4v) is 2.95. The third-order valence-electron chi connectivity index (χ3n) is 3.92. The maximum absolute atomic E-state index is 13.2. The van der Waals surface area contributed by atoms with Crippen molar-refractivity contribution in [1.82, 2.24) is 4.90 Å². The molecule has 2 aliphatic rings. The first-order valence-corrected chi connectivity index (χ1v) is 7.12. The second-order valence-electron chi connectivity index (χ2n) is 6.80. The Balaban J connectivity index is 2.09. The fourth-order valence-electron chi connectivity index (χ4n) is 2.95. The zero-order valence-electron chi connectivity index (χ0n) is 12.8. The number of nitrogens with zero attached hydrogens (tertiary/aromatic N) is 1. The fraction of sp³-hybridized carbons (Fsp3) is 0.857. The molecule has 0 saturated carbocycles. The molecule has 2 rings (SSSR count). The molecule has 2 heterocycles. The molecule has 0 aromatic carbocycles. The average molecular weight is 323 g/mol. The summed E-state index contributed by atoms with van der Waals surface area (Å²) in [6.45, 7) is 3.70. The zero-order chi connectivity index (χ0) is 16.8. The highest BCUT2D eigenvalue weighted by atomic mass is 19.4. The van der Waals surface area contributed by atoms with Crippen LogP contribution in [0.3, 0.4) is 0 Å². The molecule has 0 N–H and O–H groups in total. The van der Waals surface area contributed by atoms with Gasteiger partial charge in [0.25, 0.3) is 0 Å². The number of carbonyl (C=O) groups excluding carboxylic acids is 2. The van der Waals surface area contributed by atoms with Crippen LogP contribution in [-0.4, -0.2) is 53.9 Å². The molecular weight excluding hydrogens is 303 g/mol. The summed E-state index contributed by atoms with van der Waals surface area (Å²) >= 11 is 0. The number of halogens is 3. The standard InChI is InChI=1S/C14H20F3NO4/c1-12(2)7-18(8-13(3,22-12)14(15,16)17)10(19)4-9-5-11(20)21-6-9/h9H,4-8H2,1-3H3/t9-,13-/m0/s1. The first-order valence-electron chi connectivity index (χ1n) is 7.12. The summed E-state index contributed by atoms with van der Waals surface area (Å²) in [5.41, 5.74) is -3.49. The largest absolute Gasteiger partial charge is 0.465 e. The van der Waals surface area contributed by atoms with Crippen molar-refractivity contribution in [3.8, 4) is 0 Å². The summed E-state index contributed by atoms with van der Waals surface area (Å²) in [5, 5.41) is 0. The van der Waals surface area contributed by atoms with Gasteiger partial charge in [0, 0.05) is 18.9 Å². The minimum absolute atomic E-state index is 0.00968. The van der Waals surface area contributed by atoms with Gasteiger partial charge in [0.05, 0.1) is 25.2 Å². The van der Waals surface area contributed by atoms with Crippen LogP contribution >= 0.6 is 0 Å². The van der Waals surface area contributed by atoms with Crippen LogP contribution < -0.4 is 0 Å². The number of hydrogen-bond donors (Lipinski definition) is 0. The lowest BCUT2D eigenvalue weighted by Crippen LogP contribution is -2.65. The molecule has 0 aromatic heterocycles. The lowest BCUT2D eigenvalue weighted by atomic mass is 9.95. The Morgan fingerprint density at radius 2 is 1.95 bits per heavy atom. The molecule has 0 aliphatic carbocycles. The summed E-state index contributed by atoms with van der Waals surface area (Å²) in [7, 11) is 0. The van der Waals surface area contributed by atoms with E-state index < -0.39 is 29.8 Å². The lowest BCUT2D eigenvalue weighted by Gasteiger charge is -2.49. The highest BCUT2D eigenvalue weighted by molar-refractivity contribution is 5.79. The molecule has 2 saturated heterocycles. The molecule has 0 radical (unpaired) electrons. The number of rotatable bonds is 2. The molecule has 1 amide bonds. The van der Waals surface area contributed by atoms with Gasteiger partial charge in [-0.15, -0.1) is 0 Å². The molecule has 0 unspecified atom stereocenters. The number of esters is 1. The maximum atomic E-state index is 13.2. The van der Waals surface area contributed by atoms with Gasteiger partial charge in [0.2, 0.25) is 5.91 Å². The van der Waals surface area contributed by atoms with Crippen molar-refractivity contribution in [2.24, 2.45) is 5.92 Å². The number of amides is 1. The first-order chi connectivity index (χ1) is 9.92. The van der Waals surface area contributed by atoms with E-state index in [4.69, 9.17) is 9.47 Å². The summed E-state index contributed by atoms with van der Waals surface area (Å²) in [6.07, 6.45) is -4.43. The van der Waals surface area contributed by atoms with E-state index in [-0.39, 0.29) is 37.9 Å². The number of ether oxygens (including phenoxy) is 2. The molecular formula is C14H20F3NO4. The number of hydrogen-bond acceptors (Lipinski definition) is 4. The molecule has 8 heteroatoms. The van der Waals surface area contributed by atoms with E-state index in [1.807, 2.05) is 0 Å². The van der Waals surface area contributed by atoms with Gasteiger partial charge in [0.1, 0.15) is 0 Å². The van der Waals surface area contributed by atoms with Crippen molar-refractivity contribution in [2.45, 2.75) is 51.0 Å². The van der Waals surface area contributed by atoms with Crippen molar-refractivity contribution < 1.29 is 32.2 Å². The van der Waals surface area contributed by atoms with Crippen LogP contribution in [0.25, 0.3) is 0 Å². The third-order valence-corrected chi connectivity index (χ3v) is 3.92. The monoisotopic (exact) mass is 323 g/mol. The second-order valence-corrected chi connectivity index (χ2v) is 6.80. The molecule has 2 aliphatic heterocycles. The first kappa shape index (κ1) is 17.1. The van der Waals surface area contributed by atoms with Gasteiger partial charge in [-0.3, -0.25) is 9.59 Å². The summed E-state index contributed by atoms with van der Waals surface area (Å²) < 4.78 is 49.7. The molecule has 0 bridgehead atoms. The second kappa shape index (κ2) is 5.40. The molecule has 2 fully saturated rings. The number of alkyl halides is 3. The number of carbonyl (C=O) groups is 2. The minimum atomic E-state index is -4.57. The number of cyclic esters (lactones) is 1. The van der Waals surface area contributed by atoms with E-state index in [2.05, 4.69) is 0 Å². The van der Waals surface area contributed by atoms with Crippen molar-refractivity contribution in [1.29, 1.82) is 0 Å². The molecule has 5 nitrogen and oxygen atoms in total. The Labute approximate surface area is 126 Å². The summed E-state index contributed by atoms with van der Waals surface area (Å²) in [5.74, 6) is -1.04. The Hall–Kier alpha value is -1.31. The topological polar surface area (TPSA) is 55.8 Å². The minimum Gasteiger partial charge on any atom is -0.465 e. The van der Waals surface area contributed by atoms with Gasteiger partial charge in [-0.2, -0.15) is 13.2 Å². The van der Waals surface area contributed by atoms with Crippen LogP contribution in [0, 0.1) is 5.92 Å². The molecule has 2 atom stereocenters. The quantitative estimate of drug-likeness (QED) is 0.728. The molecule has 126 valence electrons. The van der Waals surface area contributed by atoms with Gasteiger partial charge in [-0.25, -0.2) is 0 Å². The lowest BCUT2D eigenvalue weighted by molar-refractivity contribution is -0.320. The van der Waals surface area contributed by atoms with Crippen molar-refractivity contribution in [3.63, 3.8) is 0 Å². The van der Waals surface area contributed by atoms with Gasteiger partial charge in [-0.1, -0.05) is 0 Å². The van der Waals surface area contributed by atoms with Gasteiger partial charge in [-0.05, 0) is 20.8 Å². The smallest absolute Gasteiger partial charge is 0.418 e. The van der Waals surface area contributed by atoms with Crippen molar-refractivity contribution >= 4 is 11.9 Å². The van der Waals surface area contributed by atoms with E-state index in [0.29, 0.717) is 0 Å². The Morgan fingerprint density at radius 3 is 2.45 bits per heavy atom. The van der Waals surface area contributed by atoms with Crippen LogP contribution in [-0.2, 0) is 19.1 Å². The van der Waals surface area contributed by atoms with Gasteiger partial charge in [0.15, 0.2) is 5.60 Å². The SMILES string of the molecule is CC1(C)CN(C(=O)C[C@@H]2COC(=O)C2)C[C@@](C)(C(F)(F)F)O1. The predicted octanol–water partition coefficient (Wildman–Crippen LogP) is 1.90. The van der Waals surface area contributed by atoms with Crippen LogP contribution in [0.1, 0.15) is 33.6 Å². The third kappa shape index (κ3) is 3.53. The van der Waals surface area contributed by atoms with Crippen LogP contribution in [0.4, 0.5) is 13.2 Å². The van der Waals surface area contributed by atoms with Crippen LogP contribution in [0.2, 0.25) is 0 Å². The zero-order valence-corrected chi connectivity index (χ0v) is 12.8. The van der Waals surface area contributed by atoms with E-state index in [1.165, 1.54) is 18.7 Å². The summed E-state index contributed by atoms with van der Waals surface area (Å²) in [6, 6.07) is 0. The Kier molecular flexibility index (Phi) is 4.18. The van der Waals surface area contributed by atoms with Crippen molar-refractivity contribution in [3.05, 3.63) is 0 Å². The van der Waals surface area contributed by atoms with E-state index in [1.54, 1.807) is 0 Å². The van der Waals surface area contributed by atoms with E-state index in [0.717, 1.165) is 6.92 Å². The normalized spacial score (nSPS) is 32.0. The van der Waals surface area contributed by atoms with E-state index in [9.17, 15) is 22.8 Å². The van der Waals surface area contributed by atoms with Crippen LogP contribution in [0.5, 0.6) is 0 Å². The van der Waals surface area contributed by atoms with Crippen LogP contribution in [0.15, 0.2) is 0 Å². The predicted molar refractivity (Wildman–Crippen MR) is 69.9 cm³/mol. The molecule has 0 spiro atoms. The molecule has 0 aromatic rings.